The Bertz CT molecular complexity index is 754. The lowest BCUT2D eigenvalue weighted by molar-refractivity contribution is -0.123. The molecule has 29 heavy (non-hydrogen) atoms. The van der Waals surface area contributed by atoms with Crippen LogP contribution in [0, 0.1) is 11.8 Å². The van der Waals surface area contributed by atoms with Gasteiger partial charge in [0.05, 0.1) is 6.04 Å². The van der Waals surface area contributed by atoms with Crippen molar-refractivity contribution < 1.29 is 14.4 Å². The van der Waals surface area contributed by atoms with Crippen LogP contribution in [0.1, 0.15) is 48.9 Å². The Hall–Kier alpha value is -2.41. The van der Waals surface area contributed by atoms with Crippen LogP contribution in [0.4, 0.5) is 5.69 Å². The summed E-state index contributed by atoms with van der Waals surface area (Å²) < 4.78 is 0. The molecule has 0 radical (unpaired) electrons. The first-order chi connectivity index (χ1) is 14.1. The molecule has 3 amide bonds. The van der Waals surface area contributed by atoms with Gasteiger partial charge in [-0.3, -0.25) is 14.4 Å². The van der Waals surface area contributed by atoms with Crippen LogP contribution in [0.3, 0.4) is 0 Å². The van der Waals surface area contributed by atoms with E-state index >= 15 is 0 Å². The minimum atomic E-state index is -0.0600. The van der Waals surface area contributed by atoms with Crippen molar-refractivity contribution in [1.29, 1.82) is 0 Å². The third kappa shape index (κ3) is 5.15. The molecule has 1 aliphatic carbocycles. The molecule has 3 fully saturated rings. The summed E-state index contributed by atoms with van der Waals surface area (Å²) in [7, 11) is 0. The third-order valence-corrected chi connectivity index (χ3v) is 6.10. The molecule has 0 spiro atoms. The highest BCUT2D eigenvalue weighted by Gasteiger charge is 2.30. The van der Waals surface area contributed by atoms with Crippen LogP contribution < -0.4 is 16.0 Å². The predicted molar refractivity (Wildman–Crippen MR) is 110 cm³/mol. The Morgan fingerprint density at radius 3 is 2.48 bits per heavy atom. The average Bonchev–Trinajstić information content (AvgIpc) is 3.46. The molecule has 1 aromatic carbocycles. The number of benzene rings is 1. The van der Waals surface area contributed by atoms with E-state index in [9.17, 15) is 14.4 Å². The molecule has 2 heterocycles. The Kier molecular flexibility index (Phi) is 6.13. The van der Waals surface area contributed by atoms with Crippen LogP contribution in [0.15, 0.2) is 24.3 Å². The Morgan fingerprint density at radius 1 is 1.00 bits per heavy atom. The zero-order valence-corrected chi connectivity index (χ0v) is 16.8. The Balaban J connectivity index is 1.27. The van der Waals surface area contributed by atoms with Gasteiger partial charge in [-0.1, -0.05) is 0 Å². The number of carbonyl (C=O) groups excluding carboxylic acids is 3. The monoisotopic (exact) mass is 398 g/mol. The zero-order chi connectivity index (χ0) is 20.2. The van der Waals surface area contributed by atoms with Crippen molar-refractivity contribution in [2.75, 3.05) is 31.5 Å². The molecule has 7 nitrogen and oxygen atoms in total. The van der Waals surface area contributed by atoms with E-state index < -0.39 is 0 Å². The van der Waals surface area contributed by atoms with E-state index in [1.807, 2.05) is 4.90 Å². The summed E-state index contributed by atoms with van der Waals surface area (Å²) in [4.78, 5) is 38.8. The molecule has 3 aliphatic rings. The van der Waals surface area contributed by atoms with Gasteiger partial charge >= 0.3 is 0 Å². The van der Waals surface area contributed by atoms with Crippen LogP contribution in [-0.4, -0.2) is 54.8 Å². The summed E-state index contributed by atoms with van der Waals surface area (Å²) in [6, 6.07) is 7.09. The first-order valence-electron chi connectivity index (χ1n) is 10.8. The van der Waals surface area contributed by atoms with Gasteiger partial charge in [0.15, 0.2) is 0 Å². The summed E-state index contributed by atoms with van der Waals surface area (Å²) in [5.41, 5.74) is 1.37. The molecule has 2 saturated heterocycles. The fourth-order valence-electron chi connectivity index (χ4n) is 4.16. The van der Waals surface area contributed by atoms with E-state index in [0.29, 0.717) is 18.7 Å². The number of hydrogen-bond donors (Lipinski definition) is 3. The lowest BCUT2D eigenvalue weighted by atomic mass is 9.97. The van der Waals surface area contributed by atoms with Crippen molar-refractivity contribution in [1.82, 2.24) is 15.5 Å². The second-order valence-electron chi connectivity index (χ2n) is 8.49. The second kappa shape index (κ2) is 8.95. The summed E-state index contributed by atoms with van der Waals surface area (Å²) >= 11 is 0. The lowest BCUT2D eigenvalue weighted by Gasteiger charge is -2.33. The van der Waals surface area contributed by atoms with Crippen molar-refractivity contribution in [3.8, 4) is 0 Å². The number of piperidine rings is 1. The topological polar surface area (TPSA) is 90.5 Å². The molecule has 0 aromatic heterocycles. The number of amides is 3. The lowest BCUT2D eigenvalue weighted by Crippen LogP contribution is -2.46. The van der Waals surface area contributed by atoms with Crippen LogP contribution in [0.25, 0.3) is 0 Å². The quantitative estimate of drug-likeness (QED) is 0.681. The van der Waals surface area contributed by atoms with E-state index in [4.69, 9.17) is 0 Å². The molecule has 156 valence electrons. The standard InChI is InChI=1S/C22H30N4O3/c27-20(16-5-6-16)25-18-9-7-17(8-10-18)22(29)26-12-2-3-15(14-26)13-24-21(28)19-4-1-11-23-19/h7-10,15-16,19,23H,1-6,11-14H2,(H,24,28)(H,25,27). The van der Waals surface area contributed by atoms with Gasteiger partial charge in [0.2, 0.25) is 11.8 Å². The minimum Gasteiger partial charge on any atom is -0.354 e. The van der Waals surface area contributed by atoms with Crippen molar-refractivity contribution in [3.05, 3.63) is 29.8 Å². The fourth-order valence-corrected chi connectivity index (χ4v) is 4.16. The van der Waals surface area contributed by atoms with Gasteiger partial charge in [-0.15, -0.1) is 0 Å². The molecule has 1 saturated carbocycles. The first-order valence-corrected chi connectivity index (χ1v) is 10.8. The van der Waals surface area contributed by atoms with Crippen LogP contribution in [0.5, 0.6) is 0 Å². The normalized spacial score (nSPS) is 24.2. The molecule has 3 N–H and O–H groups in total. The van der Waals surface area contributed by atoms with Gasteiger partial charge in [0.25, 0.3) is 5.91 Å². The molecule has 1 aromatic rings. The highest BCUT2D eigenvalue weighted by molar-refractivity contribution is 5.96. The van der Waals surface area contributed by atoms with E-state index in [-0.39, 0.29) is 35.6 Å². The number of nitrogens with one attached hydrogen (secondary N) is 3. The molecule has 0 bridgehead atoms. The highest BCUT2D eigenvalue weighted by Crippen LogP contribution is 2.30. The van der Waals surface area contributed by atoms with E-state index in [2.05, 4.69) is 16.0 Å². The number of anilines is 1. The van der Waals surface area contributed by atoms with E-state index in [1.54, 1.807) is 24.3 Å². The number of nitrogens with zero attached hydrogens (tertiary/aromatic N) is 1. The third-order valence-electron chi connectivity index (χ3n) is 6.10. The molecule has 4 rings (SSSR count). The van der Waals surface area contributed by atoms with Gasteiger partial charge in [-0.25, -0.2) is 0 Å². The van der Waals surface area contributed by atoms with E-state index in [1.165, 1.54) is 0 Å². The molecular weight excluding hydrogens is 368 g/mol. The maximum atomic E-state index is 12.9. The summed E-state index contributed by atoms with van der Waals surface area (Å²) in [6.07, 6.45) is 5.86. The van der Waals surface area contributed by atoms with Gasteiger partial charge in [0.1, 0.15) is 0 Å². The summed E-state index contributed by atoms with van der Waals surface area (Å²) in [6.45, 7) is 2.94. The van der Waals surface area contributed by atoms with Crippen molar-refractivity contribution in [2.24, 2.45) is 11.8 Å². The van der Waals surface area contributed by atoms with Gasteiger partial charge < -0.3 is 20.9 Å². The predicted octanol–water partition coefficient (Wildman–Crippen LogP) is 1.76. The second-order valence-corrected chi connectivity index (χ2v) is 8.49. The number of likely N-dealkylation sites (tertiary alicyclic amines) is 1. The van der Waals surface area contributed by atoms with Gasteiger partial charge in [-0.05, 0) is 75.3 Å². The van der Waals surface area contributed by atoms with Crippen molar-refractivity contribution in [2.45, 2.75) is 44.6 Å². The van der Waals surface area contributed by atoms with Gasteiger partial charge in [0, 0.05) is 36.8 Å². The van der Waals surface area contributed by atoms with Crippen LogP contribution >= 0.6 is 0 Å². The van der Waals surface area contributed by atoms with Crippen molar-refractivity contribution in [3.63, 3.8) is 0 Å². The van der Waals surface area contributed by atoms with Gasteiger partial charge in [-0.2, -0.15) is 0 Å². The highest BCUT2D eigenvalue weighted by atomic mass is 16.2. The summed E-state index contributed by atoms with van der Waals surface area (Å²) in [5, 5.41) is 9.17. The van der Waals surface area contributed by atoms with E-state index in [0.717, 1.165) is 57.3 Å². The largest absolute Gasteiger partial charge is 0.354 e. The molecule has 2 atom stereocenters. The molecule has 7 heteroatoms. The minimum absolute atomic E-state index is 0.0126. The zero-order valence-electron chi connectivity index (χ0n) is 16.8. The smallest absolute Gasteiger partial charge is 0.253 e. The molecular formula is C22H30N4O3. The molecule has 2 aliphatic heterocycles. The maximum Gasteiger partial charge on any atom is 0.253 e. The number of rotatable bonds is 6. The number of hydrogen-bond acceptors (Lipinski definition) is 4. The van der Waals surface area contributed by atoms with Crippen molar-refractivity contribution >= 4 is 23.4 Å². The summed E-state index contributed by atoms with van der Waals surface area (Å²) in [5.74, 6) is 0.604. The SMILES string of the molecule is O=C(Nc1ccc(C(=O)N2CCCC(CNC(=O)C3CCCN3)C2)cc1)C1CC1. The maximum absolute atomic E-state index is 12.9. The first kappa shape index (κ1) is 19.9. The van der Waals surface area contributed by atoms with Crippen LogP contribution in [0.2, 0.25) is 0 Å². The Labute approximate surface area is 171 Å². The Morgan fingerprint density at radius 2 is 1.79 bits per heavy atom. The number of carbonyl (C=O) groups is 3. The molecule has 2 unspecified atom stereocenters. The fraction of sp³-hybridized carbons (Fsp3) is 0.591. The average molecular weight is 399 g/mol. The van der Waals surface area contributed by atoms with Crippen LogP contribution in [-0.2, 0) is 9.59 Å².